The molecule has 0 aromatic heterocycles. The average molecular weight is 228 g/mol. The number of hydrogen-bond acceptors (Lipinski definition) is 3. The third-order valence-corrected chi connectivity index (χ3v) is 2.88. The lowest BCUT2D eigenvalue weighted by molar-refractivity contribution is 0.0513. The van der Waals surface area contributed by atoms with Gasteiger partial charge in [0, 0.05) is 12.6 Å². The minimum Gasteiger partial charge on any atom is -0.444 e. The van der Waals surface area contributed by atoms with Gasteiger partial charge in [-0.3, -0.25) is 0 Å². The van der Waals surface area contributed by atoms with Gasteiger partial charge in [0.05, 0.1) is 0 Å². The Morgan fingerprint density at radius 2 is 2.00 bits per heavy atom. The van der Waals surface area contributed by atoms with Crippen LogP contribution in [-0.4, -0.2) is 24.3 Å². The van der Waals surface area contributed by atoms with Gasteiger partial charge in [0.1, 0.15) is 5.60 Å². The summed E-state index contributed by atoms with van der Waals surface area (Å²) in [6.07, 6.45) is 4.26. The molecule has 1 aliphatic rings. The fourth-order valence-corrected chi connectivity index (χ4v) is 2.02. The molecule has 1 fully saturated rings. The normalized spacial score (nSPS) is 26.2. The molecule has 0 aliphatic heterocycles. The maximum Gasteiger partial charge on any atom is 0.407 e. The number of hydrogen-bond donors (Lipinski definition) is 2. The lowest BCUT2D eigenvalue weighted by Gasteiger charge is -2.29. The van der Waals surface area contributed by atoms with Crippen LogP contribution in [0.5, 0.6) is 0 Å². The highest BCUT2D eigenvalue weighted by molar-refractivity contribution is 5.67. The van der Waals surface area contributed by atoms with Gasteiger partial charge in [0.25, 0.3) is 0 Å². The molecule has 0 bridgehead atoms. The molecular formula is C12H24N2O2. The summed E-state index contributed by atoms with van der Waals surface area (Å²) in [5, 5.41) is 2.80. The Bertz CT molecular complexity index is 236. The molecular weight excluding hydrogens is 204 g/mol. The first-order valence-electron chi connectivity index (χ1n) is 6.11. The first-order valence-corrected chi connectivity index (χ1v) is 6.11. The summed E-state index contributed by atoms with van der Waals surface area (Å²) >= 11 is 0. The van der Waals surface area contributed by atoms with Crippen LogP contribution >= 0.6 is 0 Å². The molecule has 3 N–H and O–H groups in total. The van der Waals surface area contributed by atoms with Crippen molar-refractivity contribution in [2.75, 3.05) is 6.54 Å². The van der Waals surface area contributed by atoms with Crippen molar-refractivity contribution in [3.63, 3.8) is 0 Å². The van der Waals surface area contributed by atoms with Gasteiger partial charge < -0.3 is 15.8 Å². The molecule has 0 aromatic rings. The van der Waals surface area contributed by atoms with E-state index in [2.05, 4.69) is 5.32 Å². The summed E-state index contributed by atoms with van der Waals surface area (Å²) in [6.45, 7) is 6.22. The minimum atomic E-state index is -0.432. The van der Waals surface area contributed by atoms with Crippen molar-refractivity contribution >= 4 is 6.09 Å². The minimum absolute atomic E-state index is 0.226. The first kappa shape index (κ1) is 13.3. The fourth-order valence-electron chi connectivity index (χ4n) is 2.02. The summed E-state index contributed by atoms with van der Waals surface area (Å²) in [6, 6.07) is 0.226. The van der Waals surface area contributed by atoms with Crippen LogP contribution in [-0.2, 0) is 4.74 Å². The maximum absolute atomic E-state index is 11.4. The van der Waals surface area contributed by atoms with Gasteiger partial charge in [-0.15, -0.1) is 0 Å². The van der Waals surface area contributed by atoms with E-state index in [-0.39, 0.29) is 12.1 Å². The zero-order valence-electron chi connectivity index (χ0n) is 10.6. The second-order valence-electron chi connectivity index (χ2n) is 5.59. The van der Waals surface area contributed by atoms with E-state index in [9.17, 15) is 4.79 Å². The Balaban J connectivity index is 2.25. The Labute approximate surface area is 97.9 Å². The van der Waals surface area contributed by atoms with Gasteiger partial charge >= 0.3 is 6.09 Å². The lowest BCUT2D eigenvalue weighted by Crippen LogP contribution is -2.42. The van der Waals surface area contributed by atoms with Crippen LogP contribution < -0.4 is 11.1 Å². The van der Waals surface area contributed by atoms with Gasteiger partial charge in [0.2, 0.25) is 0 Å². The molecule has 1 amide bonds. The molecule has 1 aliphatic carbocycles. The molecule has 2 atom stereocenters. The van der Waals surface area contributed by atoms with Crippen molar-refractivity contribution in [2.45, 2.75) is 58.1 Å². The monoisotopic (exact) mass is 228 g/mol. The smallest absolute Gasteiger partial charge is 0.407 e. The van der Waals surface area contributed by atoms with Crippen molar-refractivity contribution in [3.05, 3.63) is 0 Å². The second-order valence-corrected chi connectivity index (χ2v) is 5.59. The van der Waals surface area contributed by atoms with Gasteiger partial charge in [-0.1, -0.05) is 12.8 Å². The third-order valence-electron chi connectivity index (χ3n) is 2.88. The lowest BCUT2D eigenvalue weighted by atomic mass is 9.85. The molecule has 16 heavy (non-hydrogen) atoms. The van der Waals surface area contributed by atoms with Crippen molar-refractivity contribution in [2.24, 2.45) is 11.7 Å². The molecule has 0 aromatic carbocycles. The Morgan fingerprint density at radius 3 is 2.56 bits per heavy atom. The van der Waals surface area contributed by atoms with Crippen molar-refractivity contribution in [1.29, 1.82) is 0 Å². The van der Waals surface area contributed by atoms with Crippen LogP contribution in [0.2, 0.25) is 0 Å². The quantitative estimate of drug-likeness (QED) is 0.760. The largest absolute Gasteiger partial charge is 0.444 e. The molecule has 1 rings (SSSR count). The molecule has 94 valence electrons. The Hall–Kier alpha value is -0.770. The highest BCUT2D eigenvalue weighted by Gasteiger charge is 2.23. The molecule has 0 radical (unpaired) electrons. The Kier molecular flexibility index (Phi) is 4.59. The summed E-state index contributed by atoms with van der Waals surface area (Å²) in [5.41, 5.74) is 5.57. The molecule has 0 heterocycles. The number of amides is 1. The summed E-state index contributed by atoms with van der Waals surface area (Å²) in [7, 11) is 0. The molecule has 0 saturated heterocycles. The van der Waals surface area contributed by atoms with E-state index in [4.69, 9.17) is 10.5 Å². The molecule has 4 nitrogen and oxygen atoms in total. The molecule has 0 unspecified atom stereocenters. The number of carbonyl (C=O) groups is 1. The number of carbonyl (C=O) groups excluding carboxylic acids is 1. The van der Waals surface area contributed by atoms with Crippen LogP contribution in [0.1, 0.15) is 46.5 Å². The fraction of sp³-hybridized carbons (Fsp3) is 0.917. The standard InChI is InChI=1S/C12H24N2O2/c1-12(2,3)16-11(15)14-8-9-6-4-5-7-10(9)13/h9-10H,4-8,13H2,1-3H3,(H,14,15)/t9-,10-/m0/s1. The number of nitrogens with one attached hydrogen (secondary N) is 1. The van der Waals surface area contributed by atoms with Gasteiger partial charge in [-0.25, -0.2) is 4.79 Å². The van der Waals surface area contributed by atoms with Crippen LogP contribution in [0.4, 0.5) is 4.79 Å². The predicted molar refractivity (Wildman–Crippen MR) is 64.2 cm³/mol. The van der Waals surface area contributed by atoms with Crippen LogP contribution in [0.25, 0.3) is 0 Å². The number of rotatable bonds is 2. The van der Waals surface area contributed by atoms with E-state index in [1.165, 1.54) is 12.8 Å². The third kappa shape index (κ3) is 4.84. The van der Waals surface area contributed by atoms with E-state index in [1.807, 2.05) is 20.8 Å². The van der Waals surface area contributed by atoms with Gasteiger partial charge in [-0.2, -0.15) is 0 Å². The average Bonchev–Trinajstić information content (AvgIpc) is 2.14. The number of nitrogens with two attached hydrogens (primary N) is 1. The van der Waals surface area contributed by atoms with E-state index in [0.717, 1.165) is 12.8 Å². The highest BCUT2D eigenvalue weighted by atomic mass is 16.6. The summed E-state index contributed by atoms with van der Waals surface area (Å²) in [4.78, 5) is 11.4. The van der Waals surface area contributed by atoms with Crippen molar-refractivity contribution in [1.82, 2.24) is 5.32 Å². The topological polar surface area (TPSA) is 64.3 Å². The summed E-state index contributed by atoms with van der Waals surface area (Å²) in [5.74, 6) is 0.404. The van der Waals surface area contributed by atoms with Crippen molar-refractivity contribution in [3.8, 4) is 0 Å². The van der Waals surface area contributed by atoms with E-state index < -0.39 is 5.60 Å². The molecule has 0 spiro atoms. The Morgan fingerprint density at radius 1 is 1.38 bits per heavy atom. The molecule has 4 heteroatoms. The van der Waals surface area contributed by atoms with E-state index >= 15 is 0 Å². The van der Waals surface area contributed by atoms with E-state index in [0.29, 0.717) is 12.5 Å². The second kappa shape index (κ2) is 5.53. The highest BCUT2D eigenvalue weighted by Crippen LogP contribution is 2.22. The first-order chi connectivity index (χ1) is 7.38. The predicted octanol–water partition coefficient (Wildman–Crippen LogP) is 2.03. The number of ether oxygens (including phenoxy) is 1. The zero-order valence-corrected chi connectivity index (χ0v) is 10.6. The van der Waals surface area contributed by atoms with Crippen LogP contribution in [0, 0.1) is 5.92 Å². The SMILES string of the molecule is CC(C)(C)OC(=O)NC[C@@H]1CCCC[C@@H]1N. The van der Waals surface area contributed by atoms with Crippen molar-refractivity contribution < 1.29 is 9.53 Å². The van der Waals surface area contributed by atoms with Crippen LogP contribution in [0.15, 0.2) is 0 Å². The number of alkyl carbamates (subject to hydrolysis) is 1. The van der Waals surface area contributed by atoms with Gasteiger partial charge in [-0.05, 0) is 39.5 Å². The van der Waals surface area contributed by atoms with Crippen LogP contribution in [0.3, 0.4) is 0 Å². The molecule has 1 saturated carbocycles. The zero-order chi connectivity index (χ0) is 12.2. The van der Waals surface area contributed by atoms with Gasteiger partial charge in [0.15, 0.2) is 0 Å². The van der Waals surface area contributed by atoms with E-state index in [1.54, 1.807) is 0 Å². The maximum atomic E-state index is 11.4. The summed E-state index contributed by atoms with van der Waals surface area (Å²) < 4.78 is 5.17.